The molecule has 1 heterocycles. The molecule has 0 atom stereocenters. The molecule has 3 aromatic rings. The summed E-state index contributed by atoms with van der Waals surface area (Å²) in [6, 6.07) is 13.0. The third-order valence-electron chi connectivity index (χ3n) is 4.30. The van der Waals surface area contributed by atoms with E-state index in [1.807, 2.05) is 6.08 Å². The molecule has 1 aromatic heterocycles. The molecule has 0 spiro atoms. The second kappa shape index (κ2) is 7.24. The lowest BCUT2D eigenvalue weighted by atomic mass is 10.1. The minimum atomic E-state index is 0.746. The van der Waals surface area contributed by atoms with Crippen LogP contribution in [-0.4, -0.2) is 4.57 Å². The lowest BCUT2D eigenvalue weighted by Crippen LogP contribution is -2.15. The first-order chi connectivity index (χ1) is 12.0. The van der Waals surface area contributed by atoms with Crippen LogP contribution in [-0.2, 0) is 6.54 Å². The Labute approximate surface area is 153 Å². The molecule has 25 heavy (non-hydrogen) atoms. The van der Waals surface area contributed by atoms with Crippen LogP contribution in [0.5, 0.6) is 0 Å². The lowest BCUT2D eigenvalue weighted by molar-refractivity contribution is 0.800. The van der Waals surface area contributed by atoms with Crippen molar-refractivity contribution in [3.8, 4) is 11.3 Å². The normalized spacial score (nSPS) is 11.8. The summed E-state index contributed by atoms with van der Waals surface area (Å²) in [5, 5.41) is 2.19. The van der Waals surface area contributed by atoms with E-state index in [1.165, 1.54) is 33.5 Å². The highest BCUT2D eigenvalue weighted by atomic mass is 32.1. The predicted molar refractivity (Wildman–Crippen MR) is 109 cm³/mol. The first-order valence-corrected chi connectivity index (χ1v) is 9.36. The third kappa shape index (κ3) is 3.67. The molecule has 2 nitrogen and oxygen atoms in total. The number of rotatable bonds is 4. The summed E-state index contributed by atoms with van der Waals surface area (Å²) >= 11 is 1.68. The predicted octanol–water partition coefficient (Wildman–Crippen LogP) is 5.87. The Morgan fingerprint density at radius 2 is 1.64 bits per heavy atom. The Hall–Kier alpha value is -2.39. The van der Waals surface area contributed by atoms with E-state index in [1.54, 1.807) is 11.3 Å². The molecule has 0 fully saturated rings. The number of nitrogens with zero attached hydrogens (tertiary/aromatic N) is 2. The summed E-state index contributed by atoms with van der Waals surface area (Å²) in [7, 11) is 0. The Morgan fingerprint density at radius 3 is 2.24 bits per heavy atom. The third-order valence-corrected chi connectivity index (χ3v) is 5.16. The van der Waals surface area contributed by atoms with E-state index < -0.39 is 0 Å². The molecule has 0 amide bonds. The van der Waals surface area contributed by atoms with Crippen LogP contribution in [0.3, 0.4) is 0 Å². The van der Waals surface area contributed by atoms with E-state index in [-0.39, 0.29) is 0 Å². The van der Waals surface area contributed by atoms with Gasteiger partial charge in [0.2, 0.25) is 0 Å². The summed E-state index contributed by atoms with van der Waals surface area (Å²) in [4.78, 5) is 6.00. The van der Waals surface area contributed by atoms with E-state index in [0.717, 1.165) is 17.0 Å². The molecule has 0 aliphatic rings. The summed E-state index contributed by atoms with van der Waals surface area (Å²) in [5.41, 5.74) is 8.44. The second-order valence-electron chi connectivity index (χ2n) is 6.53. The molecule has 0 saturated heterocycles. The van der Waals surface area contributed by atoms with Crippen LogP contribution in [0.1, 0.15) is 22.3 Å². The topological polar surface area (TPSA) is 17.3 Å². The standard InChI is InChI=1S/C22H24N2S/c1-6-11-24-20(19-9-7-15(2)8-10-19)14-25-22(24)23-21-17(4)12-16(3)13-18(21)5/h6-10,12-14H,1,11H2,2-5H3. The zero-order valence-electron chi connectivity index (χ0n) is 15.3. The van der Waals surface area contributed by atoms with Crippen LogP contribution in [0.15, 0.2) is 59.4 Å². The Kier molecular flexibility index (Phi) is 5.05. The van der Waals surface area contributed by atoms with Crippen molar-refractivity contribution in [1.29, 1.82) is 0 Å². The van der Waals surface area contributed by atoms with E-state index in [2.05, 4.69) is 80.6 Å². The fourth-order valence-corrected chi connectivity index (χ4v) is 4.05. The highest BCUT2D eigenvalue weighted by Crippen LogP contribution is 2.26. The maximum absolute atomic E-state index is 5.00. The Morgan fingerprint density at radius 1 is 1.00 bits per heavy atom. The highest BCUT2D eigenvalue weighted by Gasteiger charge is 2.09. The van der Waals surface area contributed by atoms with Crippen LogP contribution in [0, 0.1) is 27.7 Å². The van der Waals surface area contributed by atoms with Gasteiger partial charge in [0.25, 0.3) is 0 Å². The van der Waals surface area contributed by atoms with Crippen LogP contribution in [0.25, 0.3) is 11.3 Å². The minimum Gasteiger partial charge on any atom is -0.313 e. The van der Waals surface area contributed by atoms with Crippen molar-refractivity contribution >= 4 is 17.0 Å². The molecule has 0 aliphatic carbocycles. The number of benzene rings is 2. The first-order valence-electron chi connectivity index (χ1n) is 8.48. The highest BCUT2D eigenvalue weighted by molar-refractivity contribution is 7.07. The van der Waals surface area contributed by atoms with Crippen LogP contribution in [0.2, 0.25) is 0 Å². The van der Waals surface area contributed by atoms with Gasteiger partial charge >= 0.3 is 0 Å². The van der Waals surface area contributed by atoms with Crippen molar-refractivity contribution in [2.75, 3.05) is 0 Å². The summed E-state index contributed by atoms with van der Waals surface area (Å²) in [6.45, 7) is 13.2. The maximum Gasteiger partial charge on any atom is 0.190 e. The Bertz CT molecular complexity index is 949. The van der Waals surface area contributed by atoms with Crippen molar-refractivity contribution < 1.29 is 0 Å². The summed E-state index contributed by atoms with van der Waals surface area (Å²) in [6.07, 6.45) is 1.93. The van der Waals surface area contributed by atoms with Crippen molar-refractivity contribution in [2.24, 2.45) is 4.99 Å². The van der Waals surface area contributed by atoms with Crippen LogP contribution in [0.4, 0.5) is 5.69 Å². The van der Waals surface area contributed by atoms with E-state index >= 15 is 0 Å². The van der Waals surface area contributed by atoms with Crippen molar-refractivity contribution in [3.63, 3.8) is 0 Å². The van der Waals surface area contributed by atoms with Gasteiger partial charge in [0.1, 0.15) is 0 Å². The lowest BCUT2D eigenvalue weighted by Gasteiger charge is -2.09. The van der Waals surface area contributed by atoms with Crippen molar-refractivity contribution in [1.82, 2.24) is 4.57 Å². The zero-order valence-corrected chi connectivity index (χ0v) is 16.2. The van der Waals surface area contributed by atoms with Crippen molar-refractivity contribution in [3.05, 3.63) is 81.5 Å². The van der Waals surface area contributed by atoms with Gasteiger partial charge < -0.3 is 4.57 Å². The fourth-order valence-electron chi connectivity index (χ4n) is 3.12. The number of aryl methyl sites for hydroxylation is 4. The molecule has 0 aliphatic heterocycles. The second-order valence-corrected chi connectivity index (χ2v) is 7.36. The zero-order chi connectivity index (χ0) is 18.0. The molecule has 128 valence electrons. The molecule has 2 aromatic carbocycles. The van der Waals surface area contributed by atoms with Gasteiger partial charge in [-0.15, -0.1) is 17.9 Å². The number of hydrogen-bond donors (Lipinski definition) is 0. The van der Waals surface area contributed by atoms with Gasteiger partial charge in [-0.2, -0.15) is 0 Å². The van der Waals surface area contributed by atoms with Crippen LogP contribution < -0.4 is 4.80 Å². The van der Waals surface area contributed by atoms with Gasteiger partial charge in [-0.3, -0.25) is 0 Å². The number of thiazole rings is 1. The van der Waals surface area contributed by atoms with Gasteiger partial charge in [-0.05, 0) is 44.4 Å². The van der Waals surface area contributed by atoms with Crippen LogP contribution >= 0.6 is 11.3 Å². The summed E-state index contributed by atoms with van der Waals surface area (Å²) < 4.78 is 2.24. The molecule has 0 saturated carbocycles. The molecular weight excluding hydrogens is 324 g/mol. The largest absolute Gasteiger partial charge is 0.313 e. The molecule has 0 unspecified atom stereocenters. The molecule has 0 radical (unpaired) electrons. The quantitative estimate of drug-likeness (QED) is 0.525. The Balaban J connectivity index is 2.18. The monoisotopic (exact) mass is 348 g/mol. The SMILES string of the molecule is C=CCn1c(-c2ccc(C)cc2)csc1=Nc1c(C)cc(C)cc1C. The van der Waals surface area contributed by atoms with Gasteiger partial charge in [-0.1, -0.05) is 53.6 Å². The van der Waals surface area contributed by atoms with Gasteiger partial charge in [0.05, 0.1) is 11.4 Å². The molecule has 3 rings (SSSR count). The number of aromatic nitrogens is 1. The number of hydrogen-bond acceptors (Lipinski definition) is 2. The smallest absolute Gasteiger partial charge is 0.190 e. The number of allylic oxidation sites excluding steroid dienone is 1. The van der Waals surface area contributed by atoms with E-state index in [0.29, 0.717) is 0 Å². The average Bonchev–Trinajstić information content (AvgIpc) is 2.95. The molecule has 0 bridgehead atoms. The van der Waals surface area contributed by atoms with Gasteiger partial charge in [0.15, 0.2) is 4.80 Å². The average molecular weight is 349 g/mol. The molecule has 0 N–H and O–H groups in total. The maximum atomic E-state index is 5.00. The minimum absolute atomic E-state index is 0.746. The van der Waals surface area contributed by atoms with Gasteiger partial charge in [0, 0.05) is 11.9 Å². The fraction of sp³-hybridized carbons (Fsp3) is 0.227. The van der Waals surface area contributed by atoms with Gasteiger partial charge in [-0.25, -0.2) is 4.99 Å². The molecule has 3 heteroatoms. The van der Waals surface area contributed by atoms with Crippen molar-refractivity contribution in [2.45, 2.75) is 34.2 Å². The van der Waals surface area contributed by atoms with E-state index in [9.17, 15) is 0 Å². The van der Waals surface area contributed by atoms with E-state index in [4.69, 9.17) is 4.99 Å². The first kappa shape index (κ1) is 17.4. The molecular formula is C22H24N2S. The summed E-state index contributed by atoms with van der Waals surface area (Å²) in [5.74, 6) is 0.